The standard InChI is InChI=1S/C13H17NO/c1-13(2,3)8-9-4-5-11-10(6-9)7-12(15)14-11/h4-6H,7-8H2,1-3H3,(H,14,15). The molecule has 1 aliphatic heterocycles. The zero-order valence-corrected chi connectivity index (χ0v) is 9.55. The molecule has 2 heteroatoms. The van der Waals surface area contributed by atoms with Crippen LogP contribution in [0.4, 0.5) is 5.69 Å². The first-order chi connectivity index (χ1) is 6.94. The van der Waals surface area contributed by atoms with Gasteiger partial charge in [0.1, 0.15) is 0 Å². The first-order valence-electron chi connectivity index (χ1n) is 5.36. The van der Waals surface area contributed by atoms with Gasteiger partial charge in [0.2, 0.25) is 5.91 Å². The van der Waals surface area contributed by atoms with Gasteiger partial charge in [0.15, 0.2) is 0 Å². The minimum atomic E-state index is 0.109. The van der Waals surface area contributed by atoms with Gasteiger partial charge >= 0.3 is 0 Å². The molecule has 0 atom stereocenters. The van der Waals surface area contributed by atoms with E-state index >= 15 is 0 Å². The maximum Gasteiger partial charge on any atom is 0.228 e. The molecule has 0 saturated heterocycles. The fourth-order valence-electron chi connectivity index (χ4n) is 2.00. The summed E-state index contributed by atoms with van der Waals surface area (Å²) in [6.45, 7) is 6.68. The second-order valence-electron chi connectivity index (χ2n) is 5.45. The molecule has 1 amide bonds. The molecule has 1 N–H and O–H groups in total. The van der Waals surface area contributed by atoms with Crippen LogP contribution in [0.1, 0.15) is 31.9 Å². The van der Waals surface area contributed by atoms with Gasteiger partial charge in [-0.1, -0.05) is 32.9 Å². The summed E-state index contributed by atoms with van der Waals surface area (Å²) in [7, 11) is 0. The number of hydrogen-bond donors (Lipinski definition) is 1. The molecule has 0 bridgehead atoms. The lowest BCUT2D eigenvalue weighted by molar-refractivity contribution is -0.115. The number of carbonyl (C=O) groups is 1. The summed E-state index contributed by atoms with van der Waals surface area (Å²) in [6, 6.07) is 6.27. The highest BCUT2D eigenvalue weighted by Crippen LogP contribution is 2.27. The smallest absolute Gasteiger partial charge is 0.228 e. The van der Waals surface area contributed by atoms with E-state index in [2.05, 4.69) is 38.2 Å². The number of anilines is 1. The fourth-order valence-corrected chi connectivity index (χ4v) is 2.00. The van der Waals surface area contributed by atoms with Gasteiger partial charge in [0.05, 0.1) is 6.42 Å². The fraction of sp³-hybridized carbons (Fsp3) is 0.462. The van der Waals surface area contributed by atoms with Crippen LogP contribution in [0, 0.1) is 5.41 Å². The predicted octanol–water partition coefficient (Wildman–Crippen LogP) is 2.77. The SMILES string of the molecule is CC(C)(C)Cc1ccc2c(c1)CC(=O)N2. The molecular weight excluding hydrogens is 186 g/mol. The lowest BCUT2D eigenvalue weighted by atomic mass is 9.87. The van der Waals surface area contributed by atoms with Gasteiger partial charge in [0, 0.05) is 5.69 Å². The van der Waals surface area contributed by atoms with Crippen LogP contribution >= 0.6 is 0 Å². The van der Waals surface area contributed by atoms with Gasteiger partial charge in [-0.2, -0.15) is 0 Å². The Bertz CT molecular complexity index is 401. The minimum absolute atomic E-state index is 0.109. The van der Waals surface area contributed by atoms with Gasteiger partial charge in [0.25, 0.3) is 0 Å². The maximum atomic E-state index is 11.2. The van der Waals surface area contributed by atoms with E-state index in [4.69, 9.17) is 0 Å². The molecule has 0 unspecified atom stereocenters. The normalized spacial score (nSPS) is 15.0. The second kappa shape index (κ2) is 3.37. The van der Waals surface area contributed by atoms with Crippen molar-refractivity contribution in [2.45, 2.75) is 33.6 Å². The highest BCUT2D eigenvalue weighted by atomic mass is 16.1. The van der Waals surface area contributed by atoms with Crippen LogP contribution in [-0.2, 0) is 17.6 Å². The summed E-state index contributed by atoms with van der Waals surface area (Å²) in [5.74, 6) is 0.109. The Morgan fingerprint density at radius 2 is 2.07 bits per heavy atom. The van der Waals surface area contributed by atoms with E-state index in [-0.39, 0.29) is 5.91 Å². The number of benzene rings is 1. The molecule has 0 aliphatic carbocycles. The van der Waals surface area contributed by atoms with E-state index in [1.54, 1.807) is 0 Å². The summed E-state index contributed by atoms with van der Waals surface area (Å²) in [4.78, 5) is 11.2. The average Bonchev–Trinajstić information content (AvgIpc) is 2.40. The monoisotopic (exact) mass is 203 g/mol. The lowest BCUT2D eigenvalue weighted by Crippen LogP contribution is -2.09. The van der Waals surface area contributed by atoms with E-state index in [1.807, 2.05) is 6.07 Å². The van der Waals surface area contributed by atoms with Crippen LogP contribution in [0.3, 0.4) is 0 Å². The molecule has 0 spiro atoms. The Balaban J connectivity index is 2.24. The Hall–Kier alpha value is -1.31. The Morgan fingerprint density at radius 1 is 1.33 bits per heavy atom. The average molecular weight is 203 g/mol. The molecule has 0 aromatic heterocycles. The van der Waals surface area contributed by atoms with Crippen LogP contribution in [0.2, 0.25) is 0 Å². The summed E-state index contributed by atoms with van der Waals surface area (Å²) in [5.41, 5.74) is 3.74. The van der Waals surface area contributed by atoms with Gasteiger partial charge in [-0.3, -0.25) is 4.79 Å². The predicted molar refractivity (Wildman–Crippen MR) is 61.9 cm³/mol. The van der Waals surface area contributed by atoms with Crippen LogP contribution in [0.5, 0.6) is 0 Å². The molecule has 0 radical (unpaired) electrons. The van der Waals surface area contributed by atoms with Crippen molar-refractivity contribution in [2.75, 3.05) is 5.32 Å². The van der Waals surface area contributed by atoms with Gasteiger partial charge in [-0.25, -0.2) is 0 Å². The largest absolute Gasteiger partial charge is 0.326 e. The van der Waals surface area contributed by atoms with E-state index < -0.39 is 0 Å². The van der Waals surface area contributed by atoms with Gasteiger partial charge < -0.3 is 5.32 Å². The lowest BCUT2D eigenvalue weighted by Gasteiger charge is -2.18. The molecule has 1 heterocycles. The van der Waals surface area contributed by atoms with Gasteiger partial charge in [-0.15, -0.1) is 0 Å². The summed E-state index contributed by atoms with van der Waals surface area (Å²) >= 11 is 0. The van der Waals surface area contributed by atoms with Crippen LogP contribution in [0.25, 0.3) is 0 Å². The number of amides is 1. The third-order valence-corrected chi connectivity index (χ3v) is 2.53. The first kappa shape index (κ1) is 10.2. The zero-order valence-electron chi connectivity index (χ0n) is 9.55. The van der Waals surface area contributed by atoms with Crippen LogP contribution in [-0.4, -0.2) is 5.91 Å². The highest BCUT2D eigenvalue weighted by molar-refractivity contribution is 5.99. The summed E-state index contributed by atoms with van der Waals surface area (Å²) in [5, 5.41) is 2.85. The Kier molecular flexibility index (Phi) is 2.29. The highest BCUT2D eigenvalue weighted by Gasteiger charge is 2.19. The third kappa shape index (κ3) is 2.38. The van der Waals surface area contributed by atoms with E-state index in [0.29, 0.717) is 11.8 Å². The quantitative estimate of drug-likeness (QED) is 0.747. The second-order valence-corrected chi connectivity index (χ2v) is 5.45. The van der Waals surface area contributed by atoms with Crippen LogP contribution < -0.4 is 5.32 Å². The first-order valence-corrected chi connectivity index (χ1v) is 5.36. The maximum absolute atomic E-state index is 11.2. The van der Waals surface area contributed by atoms with Crippen molar-refractivity contribution in [1.29, 1.82) is 0 Å². The molecular formula is C13H17NO. The van der Waals surface area contributed by atoms with Crippen LogP contribution in [0.15, 0.2) is 18.2 Å². The molecule has 1 aliphatic rings. The molecule has 0 saturated carbocycles. The molecule has 2 rings (SSSR count). The molecule has 1 aromatic rings. The number of rotatable bonds is 1. The van der Waals surface area contributed by atoms with E-state index in [0.717, 1.165) is 17.7 Å². The molecule has 15 heavy (non-hydrogen) atoms. The van der Waals surface area contributed by atoms with Crippen molar-refractivity contribution >= 4 is 11.6 Å². The molecule has 2 nitrogen and oxygen atoms in total. The molecule has 0 fully saturated rings. The Labute approximate surface area is 90.7 Å². The van der Waals surface area contributed by atoms with E-state index in [9.17, 15) is 4.79 Å². The number of fused-ring (bicyclic) bond motifs is 1. The summed E-state index contributed by atoms with van der Waals surface area (Å²) < 4.78 is 0. The molecule has 1 aromatic carbocycles. The Morgan fingerprint density at radius 3 is 2.73 bits per heavy atom. The zero-order chi connectivity index (χ0) is 11.1. The van der Waals surface area contributed by atoms with Crippen molar-refractivity contribution in [3.05, 3.63) is 29.3 Å². The van der Waals surface area contributed by atoms with Crippen molar-refractivity contribution < 1.29 is 4.79 Å². The topological polar surface area (TPSA) is 29.1 Å². The molecule has 80 valence electrons. The third-order valence-electron chi connectivity index (χ3n) is 2.53. The van der Waals surface area contributed by atoms with Crippen molar-refractivity contribution in [1.82, 2.24) is 0 Å². The van der Waals surface area contributed by atoms with Crippen molar-refractivity contribution in [3.63, 3.8) is 0 Å². The number of hydrogen-bond acceptors (Lipinski definition) is 1. The minimum Gasteiger partial charge on any atom is -0.326 e. The number of carbonyl (C=O) groups excluding carboxylic acids is 1. The van der Waals surface area contributed by atoms with Crippen molar-refractivity contribution in [3.8, 4) is 0 Å². The van der Waals surface area contributed by atoms with E-state index in [1.165, 1.54) is 5.56 Å². The number of nitrogens with one attached hydrogen (secondary N) is 1. The van der Waals surface area contributed by atoms with Gasteiger partial charge in [-0.05, 0) is 29.0 Å². The summed E-state index contributed by atoms with van der Waals surface area (Å²) in [6.07, 6.45) is 1.59. The van der Waals surface area contributed by atoms with Crippen molar-refractivity contribution in [2.24, 2.45) is 5.41 Å².